The van der Waals surface area contributed by atoms with E-state index in [1.54, 1.807) is 24.5 Å². The molecule has 0 radical (unpaired) electrons. The number of aryl methyl sites for hydroxylation is 1. The van der Waals surface area contributed by atoms with Gasteiger partial charge in [0.2, 0.25) is 5.91 Å². The van der Waals surface area contributed by atoms with Gasteiger partial charge in [0.15, 0.2) is 0 Å². The Hall–Kier alpha value is -4.04. The lowest BCUT2D eigenvalue weighted by Gasteiger charge is -2.29. The molecule has 0 saturated carbocycles. The van der Waals surface area contributed by atoms with Gasteiger partial charge in [0, 0.05) is 50.8 Å². The van der Waals surface area contributed by atoms with Crippen LogP contribution in [0.5, 0.6) is 0 Å². The molecule has 8 nitrogen and oxygen atoms in total. The van der Waals surface area contributed by atoms with E-state index in [1.807, 2.05) is 40.8 Å². The first-order valence-corrected chi connectivity index (χ1v) is 11.1. The lowest BCUT2D eigenvalue weighted by atomic mass is 9.99. The molecule has 0 aliphatic carbocycles. The molecule has 2 amide bonds. The summed E-state index contributed by atoms with van der Waals surface area (Å²) in [6, 6.07) is 15.5. The number of amides is 2. The molecule has 1 aliphatic heterocycles. The first-order chi connectivity index (χ1) is 16.5. The Kier molecular flexibility index (Phi) is 5.81. The normalized spacial score (nSPS) is 13.1. The molecule has 4 aromatic rings. The number of ether oxygens (including phenoxy) is 1. The molecular formula is C26H25N5O3. The number of imidazole rings is 1. The zero-order valence-corrected chi connectivity index (χ0v) is 19.1. The molecule has 5 rings (SSSR count). The molecule has 0 fully saturated rings. The number of methoxy groups -OCH3 is 1. The van der Waals surface area contributed by atoms with Crippen LogP contribution in [-0.4, -0.2) is 51.5 Å². The van der Waals surface area contributed by atoms with Crippen molar-refractivity contribution in [2.45, 2.75) is 13.0 Å². The highest BCUT2D eigenvalue weighted by molar-refractivity contribution is 6.06. The molecule has 1 aliphatic rings. The van der Waals surface area contributed by atoms with Gasteiger partial charge < -0.3 is 19.5 Å². The Morgan fingerprint density at radius 3 is 2.71 bits per heavy atom. The number of fused-ring (bicyclic) bond motifs is 2. The lowest BCUT2D eigenvalue weighted by molar-refractivity contribution is -0.119. The summed E-state index contributed by atoms with van der Waals surface area (Å²) in [6.07, 6.45) is 4.26. The quantitative estimate of drug-likeness (QED) is 0.498. The van der Waals surface area contributed by atoms with Crippen LogP contribution in [0.4, 0.5) is 5.69 Å². The van der Waals surface area contributed by atoms with Crippen molar-refractivity contribution in [3.63, 3.8) is 0 Å². The summed E-state index contributed by atoms with van der Waals surface area (Å²) in [5.74, 6) is 0.304. The summed E-state index contributed by atoms with van der Waals surface area (Å²) in [7, 11) is 3.35. The molecule has 0 atom stereocenters. The number of nitrogens with zero attached hydrogens (tertiary/aromatic N) is 4. The number of rotatable bonds is 5. The smallest absolute Gasteiger partial charge is 0.254 e. The lowest BCUT2D eigenvalue weighted by Crippen LogP contribution is -2.36. The van der Waals surface area contributed by atoms with Crippen molar-refractivity contribution in [2.75, 3.05) is 25.6 Å². The minimum absolute atomic E-state index is 0.0874. The summed E-state index contributed by atoms with van der Waals surface area (Å²) in [6.45, 7) is 1.11. The van der Waals surface area contributed by atoms with Gasteiger partial charge in [0.05, 0.1) is 16.7 Å². The third kappa shape index (κ3) is 4.04. The van der Waals surface area contributed by atoms with Crippen LogP contribution in [0.15, 0.2) is 60.9 Å². The van der Waals surface area contributed by atoms with Crippen LogP contribution in [0.3, 0.4) is 0 Å². The fourth-order valence-electron chi connectivity index (χ4n) is 4.49. The molecule has 34 heavy (non-hydrogen) atoms. The van der Waals surface area contributed by atoms with E-state index in [9.17, 15) is 9.59 Å². The number of aromatic nitrogens is 3. The third-order valence-electron chi connectivity index (χ3n) is 6.10. The van der Waals surface area contributed by atoms with Crippen LogP contribution in [0.25, 0.3) is 22.4 Å². The summed E-state index contributed by atoms with van der Waals surface area (Å²) in [4.78, 5) is 36.7. The van der Waals surface area contributed by atoms with E-state index in [4.69, 9.17) is 9.72 Å². The largest absolute Gasteiger partial charge is 0.375 e. The fraction of sp³-hybridized carbons (Fsp3) is 0.231. The zero-order chi connectivity index (χ0) is 23.7. The monoisotopic (exact) mass is 455 g/mol. The first kappa shape index (κ1) is 21.8. The Labute approximate surface area is 197 Å². The van der Waals surface area contributed by atoms with Gasteiger partial charge in [-0.2, -0.15) is 0 Å². The molecule has 0 bridgehead atoms. The van der Waals surface area contributed by atoms with Crippen molar-refractivity contribution in [1.82, 2.24) is 19.4 Å². The molecule has 2 aromatic carbocycles. The van der Waals surface area contributed by atoms with Crippen molar-refractivity contribution >= 4 is 28.5 Å². The topological polar surface area (TPSA) is 89.3 Å². The van der Waals surface area contributed by atoms with Gasteiger partial charge in [0.1, 0.15) is 12.4 Å². The average molecular weight is 456 g/mol. The molecule has 0 unspecified atom stereocenters. The second-order valence-electron chi connectivity index (χ2n) is 8.35. The van der Waals surface area contributed by atoms with E-state index < -0.39 is 0 Å². The van der Waals surface area contributed by atoms with Crippen LogP contribution < -0.4 is 5.32 Å². The number of carbonyl (C=O) groups is 2. The number of hydrogen-bond donors (Lipinski definition) is 1. The minimum Gasteiger partial charge on any atom is -0.375 e. The predicted octanol–water partition coefficient (Wildman–Crippen LogP) is 3.42. The third-order valence-corrected chi connectivity index (χ3v) is 6.10. The average Bonchev–Trinajstić information content (AvgIpc) is 3.20. The number of hydrogen-bond acceptors (Lipinski definition) is 5. The number of benzene rings is 2. The zero-order valence-electron chi connectivity index (χ0n) is 19.1. The predicted molar refractivity (Wildman–Crippen MR) is 129 cm³/mol. The van der Waals surface area contributed by atoms with Crippen LogP contribution in [0, 0.1) is 0 Å². The van der Waals surface area contributed by atoms with E-state index in [2.05, 4.69) is 22.4 Å². The highest BCUT2D eigenvalue weighted by Gasteiger charge is 2.24. The Morgan fingerprint density at radius 2 is 1.94 bits per heavy atom. The second-order valence-corrected chi connectivity index (χ2v) is 8.35. The SMILES string of the molecule is COCC(=O)Nc1cc(C(=O)N2CCc3ccccc3C2)cc2nc(-c3cccnc3)n(C)c12. The molecule has 0 spiro atoms. The molecular weight excluding hydrogens is 430 g/mol. The molecule has 2 aromatic heterocycles. The minimum atomic E-state index is -0.301. The maximum absolute atomic E-state index is 13.5. The standard InChI is InChI=1S/C26H25N5O3/c1-30-24-21(28-23(32)16-34-2)12-20(13-22(24)29-25(30)18-8-5-10-27-14-18)26(33)31-11-9-17-6-3-4-7-19(17)15-31/h3-8,10,12-14H,9,11,15-16H2,1-2H3,(H,28,32). The van der Waals surface area contributed by atoms with E-state index in [0.717, 1.165) is 23.1 Å². The van der Waals surface area contributed by atoms with Crippen molar-refractivity contribution in [2.24, 2.45) is 7.05 Å². The van der Waals surface area contributed by atoms with Gasteiger partial charge in [-0.15, -0.1) is 0 Å². The van der Waals surface area contributed by atoms with Gasteiger partial charge in [-0.1, -0.05) is 24.3 Å². The van der Waals surface area contributed by atoms with Crippen molar-refractivity contribution in [3.8, 4) is 11.4 Å². The highest BCUT2D eigenvalue weighted by atomic mass is 16.5. The number of pyridine rings is 1. The number of anilines is 1. The summed E-state index contributed by atoms with van der Waals surface area (Å²) < 4.78 is 6.88. The summed E-state index contributed by atoms with van der Waals surface area (Å²) in [5, 5.41) is 2.89. The van der Waals surface area contributed by atoms with E-state index >= 15 is 0 Å². The summed E-state index contributed by atoms with van der Waals surface area (Å²) in [5.41, 5.74) is 5.63. The van der Waals surface area contributed by atoms with Gasteiger partial charge in [-0.25, -0.2) is 4.98 Å². The van der Waals surface area contributed by atoms with Crippen LogP contribution in [0.1, 0.15) is 21.5 Å². The first-order valence-electron chi connectivity index (χ1n) is 11.1. The van der Waals surface area contributed by atoms with E-state index in [0.29, 0.717) is 35.7 Å². The summed E-state index contributed by atoms with van der Waals surface area (Å²) >= 11 is 0. The maximum atomic E-state index is 13.5. The van der Waals surface area contributed by atoms with E-state index in [-0.39, 0.29) is 18.4 Å². The van der Waals surface area contributed by atoms with Gasteiger partial charge in [-0.05, 0) is 41.8 Å². The van der Waals surface area contributed by atoms with Crippen LogP contribution in [-0.2, 0) is 29.5 Å². The van der Waals surface area contributed by atoms with Crippen LogP contribution in [0.2, 0.25) is 0 Å². The Balaban J connectivity index is 1.57. The number of nitrogens with one attached hydrogen (secondary N) is 1. The van der Waals surface area contributed by atoms with Gasteiger partial charge in [0.25, 0.3) is 5.91 Å². The highest BCUT2D eigenvalue weighted by Crippen LogP contribution is 2.31. The van der Waals surface area contributed by atoms with Crippen molar-refractivity contribution in [3.05, 3.63) is 77.6 Å². The molecule has 0 saturated heterocycles. The molecule has 8 heteroatoms. The van der Waals surface area contributed by atoms with Crippen molar-refractivity contribution in [1.29, 1.82) is 0 Å². The fourth-order valence-corrected chi connectivity index (χ4v) is 4.49. The Morgan fingerprint density at radius 1 is 1.12 bits per heavy atom. The molecule has 1 N–H and O–H groups in total. The van der Waals surface area contributed by atoms with Crippen LogP contribution >= 0.6 is 0 Å². The number of carbonyl (C=O) groups excluding carboxylic acids is 2. The molecule has 3 heterocycles. The maximum Gasteiger partial charge on any atom is 0.254 e. The van der Waals surface area contributed by atoms with E-state index in [1.165, 1.54) is 12.7 Å². The van der Waals surface area contributed by atoms with Gasteiger partial charge >= 0.3 is 0 Å². The molecule has 172 valence electrons. The Bertz CT molecular complexity index is 1380. The van der Waals surface area contributed by atoms with Crippen molar-refractivity contribution < 1.29 is 14.3 Å². The van der Waals surface area contributed by atoms with Gasteiger partial charge in [-0.3, -0.25) is 14.6 Å². The second kappa shape index (κ2) is 9.07.